The Balaban J connectivity index is 2.72. The zero-order valence-electron chi connectivity index (χ0n) is 11.9. The molecular formula is C15H23NO3. The highest BCUT2D eigenvalue weighted by atomic mass is 16.5. The largest absolute Gasteiger partial charge is 0.469 e. The number of methoxy groups -OCH3 is 1. The predicted octanol–water partition coefficient (Wildman–Crippen LogP) is 1.36. The van der Waals surface area contributed by atoms with E-state index in [9.17, 15) is 4.79 Å². The third kappa shape index (κ3) is 5.41. The summed E-state index contributed by atoms with van der Waals surface area (Å²) in [7, 11) is 1.39. The van der Waals surface area contributed by atoms with Gasteiger partial charge >= 0.3 is 5.97 Å². The zero-order valence-corrected chi connectivity index (χ0v) is 11.9. The Labute approximate surface area is 114 Å². The molecule has 2 N–H and O–H groups in total. The maximum atomic E-state index is 11.4. The molecule has 4 heteroatoms. The minimum atomic E-state index is -0.236. The van der Waals surface area contributed by atoms with E-state index in [2.05, 4.69) is 37.4 Å². The van der Waals surface area contributed by atoms with Gasteiger partial charge in [0.25, 0.3) is 0 Å². The van der Waals surface area contributed by atoms with Crippen LogP contribution >= 0.6 is 0 Å². The highest BCUT2D eigenvalue weighted by Gasteiger charge is 2.15. The van der Waals surface area contributed by atoms with Crippen LogP contribution in [0.15, 0.2) is 18.2 Å². The van der Waals surface area contributed by atoms with Crippen LogP contribution in [0.4, 0.5) is 0 Å². The van der Waals surface area contributed by atoms with Crippen LogP contribution in [0.5, 0.6) is 0 Å². The number of nitrogens with one attached hydrogen (secondary N) is 1. The molecule has 106 valence electrons. The van der Waals surface area contributed by atoms with Gasteiger partial charge in [0.1, 0.15) is 0 Å². The van der Waals surface area contributed by atoms with Crippen LogP contribution in [0.3, 0.4) is 0 Å². The summed E-state index contributed by atoms with van der Waals surface area (Å²) in [4.78, 5) is 11.4. The van der Waals surface area contributed by atoms with Crippen molar-refractivity contribution in [2.24, 2.45) is 0 Å². The second-order valence-electron chi connectivity index (χ2n) is 4.79. The Bertz CT molecular complexity index is 418. The number of aryl methyl sites for hydroxylation is 2. The molecule has 1 rings (SSSR count). The van der Waals surface area contributed by atoms with Gasteiger partial charge in [-0.3, -0.25) is 4.79 Å². The molecule has 19 heavy (non-hydrogen) atoms. The van der Waals surface area contributed by atoms with Gasteiger partial charge < -0.3 is 15.2 Å². The number of aliphatic hydroxyl groups excluding tert-OH is 1. The molecule has 1 aromatic carbocycles. The standard InChI is InChI=1S/C15H23NO3/c1-11-4-5-13(12(2)8-11)9-14(16-6-7-17)10-15(18)19-3/h4-5,8,14,16-17H,6-7,9-10H2,1-3H3. The number of esters is 1. The van der Waals surface area contributed by atoms with Gasteiger partial charge in [0, 0.05) is 12.6 Å². The lowest BCUT2D eigenvalue weighted by atomic mass is 9.97. The van der Waals surface area contributed by atoms with Crippen molar-refractivity contribution >= 4 is 5.97 Å². The van der Waals surface area contributed by atoms with Gasteiger partial charge in [0.15, 0.2) is 0 Å². The molecule has 0 amide bonds. The van der Waals surface area contributed by atoms with Gasteiger partial charge in [-0.05, 0) is 31.4 Å². The molecule has 0 fully saturated rings. The molecule has 0 bridgehead atoms. The van der Waals surface area contributed by atoms with Crippen molar-refractivity contribution in [3.05, 3.63) is 34.9 Å². The van der Waals surface area contributed by atoms with Crippen LogP contribution < -0.4 is 5.32 Å². The van der Waals surface area contributed by atoms with Crippen LogP contribution in [-0.4, -0.2) is 37.4 Å². The lowest BCUT2D eigenvalue weighted by Gasteiger charge is -2.18. The number of hydrogen-bond acceptors (Lipinski definition) is 4. The average molecular weight is 265 g/mol. The number of carbonyl (C=O) groups is 1. The Kier molecular flexibility index (Phi) is 6.53. The topological polar surface area (TPSA) is 58.6 Å². The fraction of sp³-hybridized carbons (Fsp3) is 0.533. The zero-order chi connectivity index (χ0) is 14.3. The van der Waals surface area contributed by atoms with Gasteiger partial charge in [-0.25, -0.2) is 0 Å². The summed E-state index contributed by atoms with van der Waals surface area (Å²) in [5.41, 5.74) is 3.67. The molecule has 1 atom stereocenters. The Hall–Kier alpha value is -1.39. The van der Waals surface area contributed by atoms with Crippen LogP contribution in [0.1, 0.15) is 23.1 Å². The first kappa shape index (κ1) is 15.7. The smallest absolute Gasteiger partial charge is 0.307 e. The second kappa shape index (κ2) is 7.92. The third-order valence-corrected chi connectivity index (χ3v) is 3.15. The van der Waals surface area contributed by atoms with Crippen LogP contribution in [-0.2, 0) is 16.0 Å². The summed E-state index contributed by atoms with van der Waals surface area (Å²) in [5.74, 6) is -0.236. The van der Waals surface area contributed by atoms with E-state index < -0.39 is 0 Å². The molecule has 0 aliphatic heterocycles. The minimum absolute atomic E-state index is 0.0130. The van der Waals surface area contributed by atoms with Gasteiger partial charge in [-0.15, -0.1) is 0 Å². The van der Waals surface area contributed by atoms with E-state index in [0.717, 1.165) is 6.42 Å². The maximum Gasteiger partial charge on any atom is 0.307 e. The Morgan fingerprint density at radius 1 is 1.42 bits per heavy atom. The number of ether oxygens (including phenoxy) is 1. The Morgan fingerprint density at radius 3 is 2.74 bits per heavy atom. The number of carbonyl (C=O) groups excluding carboxylic acids is 1. The number of hydrogen-bond donors (Lipinski definition) is 2. The predicted molar refractivity (Wildman–Crippen MR) is 75.1 cm³/mol. The summed E-state index contributed by atoms with van der Waals surface area (Å²) in [5, 5.41) is 12.1. The summed E-state index contributed by atoms with van der Waals surface area (Å²) in [6, 6.07) is 6.29. The quantitative estimate of drug-likeness (QED) is 0.731. The molecular weight excluding hydrogens is 242 g/mol. The van der Waals surface area contributed by atoms with Crippen LogP contribution in [0.2, 0.25) is 0 Å². The summed E-state index contributed by atoms with van der Waals surface area (Å²) >= 11 is 0. The van der Waals surface area contributed by atoms with E-state index in [1.165, 1.54) is 23.8 Å². The molecule has 1 unspecified atom stereocenters. The molecule has 0 radical (unpaired) electrons. The molecule has 0 saturated carbocycles. The van der Waals surface area contributed by atoms with Crippen molar-refractivity contribution in [1.29, 1.82) is 0 Å². The fourth-order valence-corrected chi connectivity index (χ4v) is 2.11. The van der Waals surface area contributed by atoms with Gasteiger partial charge in [-0.2, -0.15) is 0 Å². The number of aliphatic hydroxyl groups is 1. The molecule has 4 nitrogen and oxygen atoms in total. The van der Waals surface area contributed by atoms with E-state index >= 15 is 0 Å². The van der Waals surface area contributed by atoms with Crippen molar-refractivity contribution in [3.63, 3.8) is 0 Å². The van der Waals surface area contributed by atoms with E-state index in [1.807, 2.05) is 0 Å². The first-order valence-corrected chi connectivity index (χ1v) is 6.54. The van der Waals surface area contributed by atoms with Crippen molar-refractivity contribution < 1.29 is 14.6 Å². The fourth-order valence-electron chi connectivity index (χ4n) is 2.11. The minimum Gasteiger partial charge on any atom is -0.469 e. The van der Waals surface area contributed by atoms with Gasteiger partial charge in [0.05, 0.1) is 20.1 Å². The molecule has 0 aromatic heterocycles. The first-order valence-electron chi connectivity index (χ1n) is 6.54. The normalized spacial score (nSPS) is 12.2. The number of benzene rings is 1. The van der Waals surface area contributed by atoms with Crippen molar-refractivity contribution in [2.75, 3.05) is 20.3 Å². The third-order valence-electron chi connectivity index (χ3n) is 3.15. The Morgan fingerprint density at radius 2 is 2.16 bits per heavy atom. The van der Waals surface area contributed by atoms with E-state index in [0.29, 0.717) is 13.0 Å². The lowest BCUT2D eigenvalue weighted by molar-refractivity contribution is -0.141. The van der Waals surface area contributed by atoms with E-state index in [4.69, 9.17) is 9.84 Å². The average Bonchev–Trinajstić information content (AvgIpc) is 2.38. The molecule has 0 saturated heterocycles. The van der Waals surface area contributed by atoms with Crippen molar-refractivity contribution in [2.45, 2.75) is 32.7 Å². The van der Waals surface area contributed by atoms with Crippen LogP contribution in [0.25, 0.3) is 0 Å². The van der Waals surface area contributed by atoms with Crippen molar-refractivity contribution in [3.8, 4) is 0 Å². The monoisotopic (exact) mass is 265 g/mol. The van der Waals surface area contributed by atoms with E-state index in [1.54, 1.807) is 0 Å². The highest BCUT2D eigenvalue weighted by molar-refractivity contribution is 5.70. The SMILES string of the molecule is COC(=O)CC(Cc1ccc(C)cc1C)NCCO. The highest BCUT2D eigenvalue weighted by Crippen LogP contribution is 2.14. The molecule has 1 aromatic rings. The summed E-state index contributed by atoms with van der Waals surface area (Å²) in [6.07, 6.45) is 1.06. The molecule has 0 spiro atoms. The van der Waals surface area contributed by atoms with E-state index in [-0.39, 0.29) is 18.6 Å². The molecule has 0 aliphatic rings. The summed E-state index contributed by atoms with van der Waals surface area (Å²) < 4.78 is 4.71. The lowest BCUT2D eigenvalue weighted by Crippen LogP contribution is -2.35. The molecule has 0 heterocycles. The first-order chi connectivity index (χ1) is 9.06. The second-order valence-corrected chi connectivity index (χ2v) is 4.79. The van der Waals surface area contributed by atoms with Crippen LogP contribution in [0, 0.1) is 13.8 Å². The van der Waals surface area contributed by atoms with Crippen molar-refractivity contribution in [1.82, 2.24) is 5.32 Å². The number of rotatable bonds is 7. The summed E-state index contributed by atoms with van der Waals surface area (Å²) in [6.45, 7) is 4.67. The van der Waals surface area contributed by atoms with Gasteiger partial charge in [0.2, 0.25) is 0 Å². The maximum absolute atomic E-state index is 11.4. The van der Waals surface area contributed by atoms with Gasteiger partial charge in [-0.1, -0.05) is 23.8 Å². The molecule has 0 aliphatic carbocycles.